The van der Waals surface area contributed by atoms with E-state index in [-0.39, 0.29) is 11.8 Å². The van der Waals surface area contributed by atoms with Gasteiger partial charge < -0.3 is 14.9 Å². The second kappa shape index (κ2) is 10.8. The fourth-order valence-corrected chi connectivity index (χ4v) is 5.41. The quantitative estimate of drug-likeness (QED) is 0.515. The summed E-state index contributed by atoms with van der Waals surface area (Å²) in [6, 6.07) is 20.6. The first kappa shape index (κ1) is 25.0. The first-order chi connectivity index (χ1) is 17.9. The van der Waals surface area contributed by atoms with Crippen molar-refractivity contribution >= 4 is 17.1 Å². The summed E-state index contributed by atoms with van der Waals surface area (Å²) in [4.78, 5) is 17.1. The van der Waals surface area contributed by atoms with Crippen LogP contribution in [-0.4, -0.2) is 62.4 Å². The molecule has 2 aromatic carbocycles. The number of nitrogens with zero attached hydrogens (tertiary/aromatic N) is 4. The Balaban J connectivity index is 1.23. The van der Waals surface area contributed by atoms with E-state index in [1.165, 1.54) is 16.7 Å². The Bertz CT molecular complexity index is 1270. The maximum Gasteiger partial charge on any atom is 0.223 e. The highest BCUT2D eigenvalue weighted by Crippen LogP contribution is 2.35. The van der Waals surface area contributed by atoms with E-state index in [1.54, 1.807) is 0 Å². The van der Waals surface area contributed by atoms with Gasteiger partial charge in [-0.15, -0.1) is 0 Å². The van der Waals surface area contributed by atoms with Gasteiger partial charge in [-0.25, -0.2) is 0 Å². The molecule has 0 saturated carbocycles. The predicted octanol–water partition coefficient (Wildman–Crippen LogP) is 4.71. The first-order valence-electron chi connectivity index (χ1n) is 13.2. The highest BCUT2D eigenvalue weighted by Gasteiger charge is 2.36. The lowest BCUT2D eigenvalue weighted by Gasteiger charge is -2.41. The van der Waals surface area contributed by atoms with Crippen LogP contribution in [-0.2, 0) is 11.8 Å². The Hall–Kier alpha value is -3.64. The number of aliphatic hydroxyl groups is 1. The molecule has 2 aliphatic heterocycles. The number of benzene rings is 2. The Morgan fingerprint density at radius 2 is 1.68 bits per heavy atom. The van der Waals surface area contributed by atoms with E-state index in [0.29, 0.717) is 38.9 Å². The summed E-state index contributed by atoms with van der Waals surface area (Å²) in [6.07, 6.45) is 9.99. The van der Waals surface area contributed by atoms with Gasteiger partial charge in [0.25, 0.3) is 0 Å². The number of aromatic nitrogens is 2. The number of hydrogen-bond acceptors (Lipinski definition) is 4. The first-order valence-corrected chi connectivity index (χ1v) is 13.2. The number of carbonyl (C=O) groups excluding carboxylic acids is 1. The van der Waals surface area contributed by atoms with Gasteiger partial charge in [-0.2, -0.15) is 5.10 Å². The van der Waals surface area contributed by atoms with E-state index < -0.39 is 5.60 Å². The molecule has 2 aliphatic rings. The van der Waals surface area contributed by atoms with Crippen molar-refractivity contribution < 1.29 is 9.90 Å². The molecule has 1 saturated heterocycles. The Kier molecular flexibility index (Phi) is 7.28. The van der Waals surface area contributed by atoms with Crippen LogP contribution < -0.4 is 0 Å². The summed E-state index contributed by atoms with van der Waals surface area (Å²) in [5, 5.41) is 15.9. The molecule has 0 unspecified atom stereocenters. The fraction of sp³-hybridized carbons (Fsp3) is 0.355. The normalized spacial score (nSPS) is 18.2. The van der Waals surface area contributed by atoms with Crippen molar-refractivity contribution in [2.24, 2.45) is 7.05 Å². The van der Waals surface area contributed by atoms with Crippen LogP contribution in [0, 0.1) is 0 Å². The molecule has 1 amide bonds. The molecule has 1 atom stereocenters. The highest BCUT2D eigenvalue weighted by molar-refractivity contribution is 6.05. The zero-order chi connectivity index (χ0) is 25.8. The number of amides is 1. The van der Waals surface area contributed by atoms with Crippen LogP contribution in [0.25, 0.3) is 11.1 Å². The number of aryl methyl sites for hydroxylation is 1. The van der Waals surface area contributed by atoms with Gasteiger partial charge in [0.1, 0.15) is 0 Å². The van der Waals surface area contributed by atoms with Gasteiger partial charge in [0, 0.05) is 63.2 Å². The van der Waals surface area contributed by atoms with E-state index in [9.17, 15) is 9.90 Å². The summed E-state index contributed by atoms with van der Waals surface area (Å²) in [7, 11) is 1.93. The summed E-state index contributed by atoms with van der Waals surface area (Å²) in [5.41, 5.74) is 4.89. The van der Waals surface area contributed by atoms with Crippen LogP contribution in [0.4, 0.5) is 0 Å². The summed E-state index contributed by atoms with van der Waals surface area (Å²) in [5.74, 6) is 0.357. The maximum absolute atomic E-state index is 13.0. The van der Waals surface area contributed by atoms with E-state index in [0.717, 1.165) is 17.7 Å². The van der Waals surface area contributed by atoms with Crippen molar-refractivity contribution in [2.45, 2.75) is 37.7 Å². The van der Waals surface area contributed by atoms with Crippen molar-refractivity contribution in [3.05, 3.63) is 102 Å². The molecule has 0 bridgehead atoms. The Morgan fingerprint density at radius 1 is 1.00 bits per heavy atom. The molecule has 0 radical (unpaired) electrons. The van der Waals surface area contributed by atoms with Gasteiger partial charge in [-0.1, -0.05) is 73.7 Å². The van der Waals surface area contributed by atoms with Gasteiger partial charge in [0.2, 0.25) is 5.91 Å². The molecule has 3 aromatic rings. The molecular formula is C31H36N4O2. The lowest BCUT2D eigenvalue weighted by molar-refractivity contribution is -0.136. The molecule has 6 nitrogen and oxygen atoms in total. The average molecular weight is 497 g/mol. The monoisotopic (exact) mass is 496 g/mol. The number of carbonyl (C=O) groups is 1. The number of likely N-dealkylation sites (tertiary alicyclic amines) is 1. The van der Waals surface area contributed by atoms with Crippen LogP contribution >= 0.6 is 0 Å². The smallest absolute Gasteiger partial charge is 0.223 e. The number of rotatable bonds is 7. The minimum absolute atomic E-state index is 0.172. The van der Waals surface area contributed by atoms with E-state index in [4.69, 9.17) is 0 Å². The van der Waals surface area contributed by atoms with E-state index in [1.807, 2.05) is 53.3 Å². The Morgan fingerprint density at radius 3 is 2.32 bits per heavy atom. The number of piperidine rings is 1. The number of hydrogen-bond donors (Lipinski definition) is 1. The largest absolute Gasteiger partial charge is 0.388 e. The zero-order valence-corrected chi connectivity index (χ0v) is 21.8. The summed E-state index contributed by atoms with van der Waals surface area (Å²) >= 11 is 0. The zero-order valence-electron chi connectivity index (χ0n) is 21.8. The van der Waals surface area contributed by atoms with E-state index in [2.05, 4.69) is 65.6 Å². The third kappa shape index (κ3) is 5.86. The SMILES string of the molecule is C[C@H](CC(=O)N1CCC(O)(CN2C=C(c3cnn(C)c3)C(c3ccccc3)=CC2)CC1)c1ccccc1. The molecular weight excluding hydrogens is 460 g/mol. The van der Waals surface area contributed by atoms with Gasteiger partial charge in [0.15, 0.2) is 0 Å². The molecule has 0 spiro atoms. The van der Waals surface area contributed by atoms with Crippen molar-refractivity contribution in [2.75, 3.05) is 26.2 Å². The van der Waals surface area contributed by atoms with E-state index >= 15 is 0 Å². The summed E-state index contributed by atoms with van der Waals surface area (Å²) < 4.78 is 1.82. The second-order valence-electron chi connectivity index (χ2n) is 10.5. The standard InChI is InChI=1S/C31H36N4O2/c1-24(25-9-5-3-6-10-25)19-30(36)35-17-14-31(37,15-18-35)23-34-16-13-28(26-11-7-4-8-12-26)29(22-34)27-20-32-33(2)21-27/h3-13,20-22,24,37H,14-19,23H2,1-2H3/t24-/m1/s1. The molecule has 3 heterocycles. The van der Waals surface area contributed by atoms with Gasteiger partial charge in [-0.3, -0.25) is 9.48 Å². The molecule has 37 heavy (non-hydrogen) atoms. The minimum atomic E-state index is -0.823. The third-order valence-electron chi connectivity index (χ3n) is 7.63. The van der Waals surface area contributed by atoms with Crippen molar-refractivity contribution in [1.82, 2.24) is 19.6 Å². The topological polar surface area (TPSA) is 61.6 Å². The predicted molar refractivity (Wildman–Crippen MR) is 147 cm³/mol. The van der Waals surface area contributed by atoms with Crippen LogP contribution in [0.3, 0.4) is 0 Å². The average Bonchev–Trinajstić information content (AvgIpc) is 3.36. The van der Waals surface area contributed by atoms with Gasteiger partial charge in [0.05, 0.1) is 11.8 Å². The highest BCUT2D eigenvalue weighted by atomic mass is 16.3. The molecule has 1 N–H and O–H groups in total. The summed E-state index contributed by atoms with van der Waals surface area (Å²) in [6.45, 7) is 4.56. The van der Waals surface area contributed by atoms with Gasteiger partial charge >= 0.3 is 0 Å². The number of β-amino-alcohol motifs (C(OH)–C–C–N with tert-alkyl or cyclic N) is 1. The molecule has 192 valence electrons. The van der Waals surface area contributed by atoms with Crippen molar-refractivity contribution in [1.29, 1.82) is 0 Å². The minimum Gasteiger partial charge on any atom is -0.388 e. The van der Waals surface area contributed by atoms with Crippen LogP contribution in [0.5, 0.6) is 0 Å². The van der Waals surface area contributed by atoms with Crippen LogP contribution in [0.1, 0.15) is 48.8 Å². The second-order valence-corrected chi connectivity index (χ2v) is 10.5. The van der Waals surface area contributed by atoms with Gasteiger partial charge in [-0.05, 0) is 35.5 Å². The van der Waals surface area contributed by atoms with Crippen molar-refractivity contribution in [3.63, 3.8) is 0 Å². The Labute approximate surface area is 219 Å². The lowest BCUT2D eigenvalue weighted by atomic mass is 9.88. The fourth-order valence-electron chi connectivity index (χ4n) is 5.41. The molecule has 1 fully saturated rings. The third-order valence-corrected chi connectivity index (χ3v) is 7.63. The molecule has 1 aromatic heterocycles. The van der Waals surface area contributed by atoms with Crippen molar-refractivity contribution in [3.8, 4) is 0 Å². The maximum atomic E-state index is 13.0. The lowest BCUT2D eigenvalue weighted by Crippen LogP contribution is -2.51. The van der Waals surface area contributed by atoms with Crippen LogP contribution in [0.15, 0.2) is 85.3 Å². The van der Waals surface area contributed by atoms with Crippen LogP contribution in [0.2, 0.25) is 0 Å². The molecule has 0 aliphatic carbocycles. The molecule has 6 heteroatoms. The number of allylic oxidation sites excluding steroid dienone is 2. The molecule has 5 rings (SSSR count).